The third kappa shape index (κ3) is 3.73. The van der Waals surface area contributed by atoms with Gasteiger partial charge in [-0.2, -0.15) is 0 Å². The Bertz CT molecular complexity index is 2470. The van der Waals surface area contributed by atoms with Gasteiger partial charge in [0.2, 0.25) is 0 Å². The van der Waals surface area contributed by atoms with E-state index in [0.717, 1.165) is 28.1 Å². The molecule has 0 unspecified atom stereocenters. The highest BCUT2D eigenvalue weighted by atomic mass is 15.0. The number of pyridine rings is 1. The van der Waals surface area contributed by atoms with Crippen LogP contribution in [0, 0.1) is 0 Å². The molecule has 0 atom stereocenters. The predicted molar refractivity (Wildman–Crippen MR) is 184 cm³/mol. The minimum Gasteiger partial charge on any atom is -0.309 e. The van der Waals surface area contributed by atoms with Crippen molar-refractivity contribution in [3.05, 3.63) is 164 Å². The van der Waals surface area contributed by atoms with Gasteiger partial charge in [-0.3, -0.25) is 4.98 Å². The molecule has 0 radical (unpaired) electrons. The lowest BCUT2D eigenvalue weighted by Crippen LogP contribution is -1.96. The first-order chi connectivity index (χ1) is 21.8. The second-order valence-corrected chi connectivity index (χ2v) is 11.2. The van der Waals surface area contributed by atoms with E-state index in [-0.39, 0.29) is 0 Å². The summed E-state index contributed by atoms with van der Waals surface area (Å²) in [5.41, 5.74) is 11.5. The van der Waals surface area contributed by atoms with Gasteiger partial charge in [0, 0.05) is 44.7 Å². The third-order valence-corrected chi connectivity index (χ3v) is 8.78. The lowest BCUT2D eigenvalue weighted by atomic mass is 10.0. The minimum absolute atomic E-state index is 0.980. The van der Waals surface area contributed by atoms with Gasteiger partial charge in [-0.1, -0.05) is 103 Å². The number of aromatic nitrogens is 3. The van der Waals surface area contributed by atoms with Crippen molar-refractivity contribution in [1.29, 1.82) is 0 Å². The molecule has 0 amide bonds. The molecule has 3 heteroatoms. The van der Waals surface area contributed by atoms with E-state index < -0.39 is 0 Å². The van der Waals surface area contributed by atoms with Crippen LogP contribution in [0.15, 0.2) is 164 Å². The first-order valence-corrected chi connectivity index (χ1v) is 15.0. The van der Waals surface area contributed by atoms with Crippen LogP contribution in [0.5, 0.6) is 0 Å². The average Bonchev–Trinajstić information content (AvgIpc) is 3.62. The third-order valence-electron chi connectivity index (χ3n) is 8.78. The molecule has 0 saturated carbocycles. The summed E-state index contributed by atoms with van der Waals surface area (Å²) in [4.78, 5) is 5.02. The molecular weight excluding hydrogens is 534 g/mol. The van der Waals surface area contributed by atoms with E-state index in [1.807, 2.05) is 6.20 Å². The van der Waals surface area contributed by atoms with Gasteiger partial charge in [0.15, 0.2) is 0 Å². The molecule has 0 saturated heterocycles. The average molecular weight is 562 g/mol. The molecule has 0 aliphatic rings. The summed E-state index contributed by atoms with van der Waals surface area (Å²) in [6.45, 7) is 0. The van der Waals surface area contributed by atoms with Crippen LogP contribution >= 0.6 is 0 Å². The van der Waals surface area contributed by atoms with Crippen molar-refractivity contribution in [2.24, 2.45) is 0 Å². The van der Waals surface area contributed by atoms with E-state index in [2.05, 4.69) is 167 Å². The molecule has 0 spiro atoms. The van der Waals surface area contributed by atoms with Crippen molar-refractivity contribution in [2.75, 3.05) is 0 Å². The van der Waals surface area contributed by atoms with Gasteiger partial charge < -0.3 is 9.13 Å². The van der Waals surface area contributed by atoms with Gasteiger partial charge in [0.25, 0.3) is 0 Å². The summed E-state index contributed by atoms with van der Waals surface area (Å²) in [5, 5.41) is 4.88. The quantitative estimate of drug-likeness (QED) is 0.210. The van der Waals surface area contributed by atoms with Gasteiger partial charge in [0.1, 0.15) is 0 Å². The molecule has 0 N–H and O–H groups in total. The molecule has 3 heterocycles. The maximum absolute atomic E-state index is 5.02. The number of para-hydroxylation sites is 3. The fourth-order valence-electron chi connectivity index (χ4n) is 6.80. The van der Waals surface area contributed by atoms with Gasteiger partial charge in [-0.15, -0.1) is 0 Å². The Kier molecular flexibility index (Phi) is 5.50. The zero-order valence-corrected chi connectivity index (χ0v) is 23.9. The molecule has 9 rings (SSSR count). The SMILES string of the molecule is c1ccc(-c2ccc(-n3c4ccccc4c4cc(-c5nccc6c7ccccc7n(-c7ccccc7)c56)ccc43)cc2)cc1. The van der Waals surface area contributed by atoms with Crippen LogP contribution in [0.1, 0.15) is 0 Å². The zero-order valence-electron chi connectivity index (χ0n) is 23.9. The Hall–Kier alpha value is -5.93. The highest BCUT2D eigenvalue weighted by Gasteiger charge is 2.19. The van der Waals surface area contributed by atoms with Gasteiger partial charge in [0.05, 0.1) is 27.8 Å². The van der Waals surface area contributed by atoms with Crippen LogP contribution in [0.25, 0.3) is 77.4 Å². The number of benzene rings is 6. The molecule has 0 fully saturated rings. The maximum atomic E-state index is 5.02. The van der Waals surface area contributed by atoms with Crippen LogP contribution in [-0.4, -0.2) is 14.1 Å². The Labute approximate surface area is 254 Å². The second-order valence-electron chi connectivity index (χ2n) is 11.2. The molecule has 6 aromatic carbocycles. The molecule has 44 heavy (non-hydrogen) atoms. The largest absolute Gasteiger partial charge is 0.309 e. The lowest BCUT2D eigenvalue weighted by molar-refractivity contribution is 1.17. The fourth-order valence-corrected chi connectivity index (χ4v) is 6.80. The molecule has 3 aromatic heterocycles. The van der Waals surface area contributed by atoms with Gasteiger partial charge >= 0.3 is 0 Å². The topological polar surface area (TPSA) is 22.8 Å². The number of hydrogen-bond donors (Lipinski definition) is 0. The molecule has 3 nitrogen and oxygen atoms in total. The number of hydrogen-bond acceptors (Lipinski definition) is 1. The van der Waals surface area contributed by atoms with E-state index in [0.29, 0.717) is 0 Å². The van der Waals surface area contributed by atoms with Crippen molar-refractivity contribution >= 4 is 43.6 Å². The van der Waals surface area contributed by atoms with Crippen molar-refractivity contribution in [1.82, 2.24) is 14.1 Å². The Morgan fingerprint density at radius 2 is 0.909 bits per heavy atom. The molecule has 9 aromatic rings. The maximum Gasteiger partial charge on any atom is 0.0949 e. The van der Waals surface area contributed by atoms with Crippen LogP contribution in [0.4, 0.5) is 0 Å². The van der Waals surface area contributed by atoms with E-state index in [9.17, 15) is 0 Å². The first-order valence-electron chi connectivity index (χ1n) is 15.0. The number of rotatable bonds is 4. The van der Waals surface area contributed by atoms with Crippen LogP contribution in [-0.2, 0) is 0 Å². The van der Waals surface area contributed by atoms with Crippen molar-refractivity contribution < 1.29 is 0 Å². The summed E-state index contributed by atoms with van der Waals surface area (Å²) >= 11 is 0. The monoisotopic (exact) mass is 561 g/mol. The summed E-state index contributed by atoms with van der Waals surface area (Å²) < 4.78 is 4.73. The van der Waals surface area contributed by atoms with Crippen LogP contribution in [0.3, 0.4) is 0 Å². The van der Waals surface area contributed by atoms with E-state index in [1.165, 1.54) is 49.2 Å². The van der Waals surface area contributed by atoms with Crippen LogP contribution < -0.4 is 0 Å². The second kappa shape index (κ2) is 9.82. The Morgan fingerprint density at radius 3 is 1.66 bits per heavy atom. The van der Waals surface area contributed by atoms with Crippen molar-refractivity contribution in [3.8, 4) is 33.8 Å². The minimum atomic E-state index is 0.980. The van der Waals surface area contributed by atoms with E-state index in [4.69, 9.17) is 4.98 Å². The van der Waals surface area contributed by atoms with Crippen molar-refractivity contribution in [3.63, 3.8) is 0 Å². The summed E-state index contributed by atoms with van der Waals surface area (Å²) in [6, 6.07) is 56.3. The van der Waals surface area contributed by atoms with E-state index >= 15 is 0 Å². The Balaban J connectivity index is 1.27. The first kappa shape index (κ1) is 24.6. The molecule has 206 valence electrons. The summed E-state index contributed by atoms with van der Waals surface area (Å²) in [6.07, 6.45) is 1.95. The molecule has 0 aliphatic heterocycles. The number of fused-ring (bicyclic) bond motifs is 6. The van der Waals surface area contributed by atoms with Crippen LogP contribution in [0.2, 0.25) is 0 Å². The summed E-state index contributed by atoms with van der Waals surface area (Å²) in [7, 11) is 0. The fraction of sp³-hybridized carbons (Fsp3) is 0. The lowest BCUT2D eigenvalue weighted by Gasteiger charge is -2.12. The predicted octanol–water partition coefficient (Wildman–Crippen LogP) is 10.6. The van der Waals surface area contributed by atoms with Gasteiger partial charge in [-0.25, -0.2) is 0 Å². The Morgan fingerprint density at radius 1 is 0.364 bits per heavy atom. The zero-order chi connectivity index (χ0) is 29.0. The van der Waals surface area contributed by atoms with Gasteiger partial charge in [-0.05, 0) is 65.7 Å². The van der Waals surface area contributed by atoms with E-state index in [1.54, 1.807) is 0 Å². The highest BCUT2D eigenvalue weighted by molar-refractivity contribution is 6.15. The smallest absolute Gasteiger partial charge is 0.0949 e. The molecule has 0 aliphatic carbocycles. The summed E-state index contributed by atoms with van der Waals surface area (Å²) in [5.74, 6) is 0. The van der Waals surface area contributed by atoms with Crippen molar-refractivity contribution in [2.45, 2.75) is 0 Å². The standard InChI is InChI=1S/C41H27N3/c1-3-11-28(12-4-1)29-19-22-32(23-20-29)43-37-17-9-8-16-34(37)36-27-30(21-24-39(36)43)40-41-35(25-26-42-40)33-15-7-10-18-38(33)44(41)31-13-5-2-6-14-31/h1-27H. The highest BCUT2D eigenvalue weighted by Crippen LogP contribution is 2.39. The normalized spacial score (nSPS) is 11.6. The molecular formula is C41H27N3. The molecule has 0 bridgehead atoms. The number of nitrogens with zero attached hydrogens (tertiary/aromatic N) is 3.